The molecule has 0 aromatic carbocycles. The molecule has 0 spiro atoms. The summed E-state index contributed by atoms with van der Waals surface area (Å²) in [5.41, 5.74) is 7.42. The van der Waals surface area contributed by atoms with Gasteiger partial charge in [0, 0.05) is 18.3 Å². The van der Waals surface area contributed by atoms with E-state index in [9.17, 15) is 5.11 Å². The fraction of sp³-hybridized carbons (Fsp3) is 0.500. The first-order valence-corrected chi connectivity index (χ1v) is 4.56. The zero-order valence-electron chi connectivity index (χ0n) is 8.86. The molecule has 1 atom stereocenters. The van der Waals surface area contributed by atoms with E-state index >= 15 is 0 Å². The van der Waals surface area contributed by atoms with E-state index in [1.165, 1.54) is 0 Å². The summed E-state index contributed by atoms with van der Waals surface area (Å²) in [5.74, 6) is 0.416. The fourth-order valence-corrected chi connectivity index (χ4v) is 1.46. The number of rotatable bonds is 3. The van der Waals surface area contributed by atoms with E-state index in [-0.39, 0.29) is 0 Å². The van der Waals surface area contributed by atoms with Crippen molar-refractivity contribution >= 4 is 5.82 Å². The normalized spacial score (nSPS) is 13.2. The van der Waals surface area contributed by atoms with E-state index in [1.807, 2.05) is 32.0 Å². The second-order valence-corrected chi connectivity index (χ2v) is 3.70. The first-order valence-electron chi connectivity index (χ1n) is 4.56. The number of nitrogens with zero attached hydrogens (tertiary/aromatic N) is 2. The number of aliphatic hydroxyl groups excluding tert-OH is 1. The van der Waals surface area contributed by atoms with Crippen molar-refractivity contribution in [2.45, 2.75) is 13.0 Å². The molecule has 3 N–H and O–H groups in total. The first-order chi connectivity index (χ1) is 6.52. The van der Waals surface area contributed by atoms with Crippen molar-refractivity contribution in [2.24, 2.45) is 0 Å². The van der Waals surface area contributed by atoms with Crippen LogP contribution in [-0.4, -0.2) is 35.6 Å². The van der Waals surface area contributed by atoms with Gasteiger partial charge in [0.15, 0.2) is 0 Å². The van der Waals surface area contributed by atoms with Crippen LogP contribution >= 0.6 is 0 Å². The highest BCUT2D eigenvalue weighted by Crippen LogP contribution is 2.22. The van der Waals surface area contributed by atoms with Crippen molar-refractivity contribution in [1.29, 1.82) is 0 Å². The number of hydrogen-bond donors (Lipinski definition) is 2. The van der Waals surface area contributed by atoms with Gasteiger partial charge < -0.3 is 15.7 Å². The molecule has 0 saturated carbocycles. The van der Waals surface area contributed by atoms with Crippen LogP contribution in [0, 0.1) is 6.92 Å². The molecule has 1 rings (SSSR count). The highest BCUT2D eigenvalue weighted by molar-refractivity contribution is 5.45. The Morgan fingerprint density at radius 3 is 2.71 bits per heavy atom. The van der Waals surface area contributed by atoms with Crippen LogP contribution in [0.25, 0.3) is 0 Å². The van der Waals surface area contributed by atoms with Crippen molar-refractivity contribution < 1.29 is 5.11 Å². The van der Waals surface area contributed by atoms with Crippen LogP contribution < -0.4 is 5.73 Å². The largest absolute Gasteiger partial charge is 0.387 e. The monoisotopic (exact) mass is 195 g/mol. The maximum absolute atomic E-state index is 9.89. The minimum Gasteiger partial charge on any atom is -0.387 e. The molecule has 0 aliphatic rings. The quantitative estimate of drug-likeness (QED) is 0.740. The third kappa shape index (κ3) is 2.43. The SMILES string of the molecule is Cc1ccnc(N)c1C(O)CN(C)C. The smallest absolute Gasteiger partial charge is 0.129 e. The zero-order valence-corrected chi connectivity index (χ0v) is 8.86. The minimum absolute atomic E-state index is 0.416. The number of anilines is 1. The Bertz CT molecular complexity index is 292. The van der Waals surface area contributed by atoms with E-state index in [4.69, 9.17) is 5.73 Å². The van der Waals surface area contributed by atoms with Crippen LogP contribution in [0.1, 0.15) is 17.2 Å². The molecule has 0 aliphatic heterocycles. The summed E-state index contributed by atoms with van der Waals surface area (Å²) in [7, 11) is 3.82. The summed E-state index contributed by atoms with van der Waals surface area (Å²) in [4.78, 5) is 5.88. The first kappa shape index (κ1) is 10.9. The molecule has 0 saturated heterocycles. The van der Waals surface area contributed by atoms with Gasteiger partial charge in [0.25, 0.3) is 0 Å². The van der Waals surface area contributed by atoms with Gasteiger partial charge in [-0.15, -0.1) is 0 Å². The Morgan fingerprint density at radius 2 is 2.21 bits per heavy atom. The maximum atomic E-state index is 9.89. The highest BCUT2D eigenvalue weighted by Gasteiger charge is 2.14. The molecule has 4 heteroatoms. The summed E-state index contributed by atoms with van der Waals surface area (Å²) in [6.45, 7) is 2.48. The number of aliphatic hydroxyl groups is 1. The Labute approximate surface area is 84.4 Å². The molecule has 4 nitrogen and oxygen atoms in total. The van der Waals surface area contributed by atoms with Gasteiger partial charge in [0.2, 0.25) is 0 Å². The van der Waals surface area contributed by atoms with Gasteiger partial charge in [-0.05, 0) is 32.6 Å². The molecular formula is C10H17N3O. The summed E-state index contributed by atoms with van der Waals surface area (Å²) in [6.07, 6.45) is 1.08. The van der Waals surface area contributed by atoms with Crippen molar-refractivity contribution in [3.8, 4) is 0 Å². The molecule has 1 aromatic rings. The van der Waals surface area contributed by atoms with Gasteiger partial charge in [-0.2, -0.15) is 0 Å². The Balaban J connectivity index is 2.94. The lowest BCUT2D eigenvalue weighted by molar-refractivity contribution is 0.138. The van der Waals surface area contributed by atoms with Gasteiger partial charge in [-0.3, -0.25) is 0 Å². The molecular weight excluding hydrogens is 178 g/mol. The lowest BCUT2D eigenvalue weighted by atomic mass is 10.0. The average Bonchev–Trinajstić information content (AvgIpc) is 2.01. The molecule has 1 heterocycles. The molecule has 0 bridgehead atoms. The Hall–Kier alpha value is -1.13. The van der Waals surface area contributed by atoms with Crippen LogP contribution in [0.5, 0.6) is 0 Å². The van der Waals surface area contributed by atoms with E-state index in [0.29, 0.717) is 12.4 Å². The second kappa shape index (κ2) is 4.39. The fourth-order valence-electron chi connectivity index (χ4n) is 1.46. The van der Waals surface area contributed by atoms with Crippen LogP contribution in [0.15, 0.2) is 12.3 Å². The van der Waals surface area contributed by atoms with E-state index in [0.717, 1.165) is 11.1 Å². The van der Waals surface area contributed by atoms with Gasteiger partial charge >= 0.3 is 0 Å². The molecule has 78 valence electrons. The Morgan fingerprint density at radius 1 is 1.57 bits per heavy atom. The maximum Gasteiger partial charge on any atom is 0.129 e. The molecule has 14 heavy (non-hydrogen) atoms. The van der Waals surface area contributed by atoms with Crippen LogP contribution in [0.4, 0.5) is 5.82 Å². The van der Waals surface area contributed by atoms with Crippen molar-refractivity contribution in [3.63, 3.8) is 0 Å². The van der Waals surface area contributed by atoms with E-state index < -0.39 is 6.10 Å². The summed E-state index contributed by atoms with van der Waals surface area (Å²) < 4.78 is 0. The molecule has 0 aliphatic carbocycles. The summed E-state index contributed by atoms with van der Waals surface area (Å²) >= 11 is 0. The number of nitrogen functional groups attached to an aromatic ring is 1. The molecule has 1 aromatic heterocycles. The van der Waals surface area contributed by atoms with E-state index in [2.05, 4.69) is 4.98 Å². The summed E-state index contributed by atoms with van der Waals surface area (Å²) in [6, 6.07) is 1.85. The standard InChI is InChI=1S/C10H17N3O/c1-7-4-5-12-10(11)9(7)8(14)6-13(2)3/h4-5,8,14H,6H2,1-3H3,(H2,11,12). The number of aryl methyl sites for hydroxylation is 1. The van der Waals surface area contributed by atoms with Crippen molar-refractivity contribution in [3.05, 3.63) is 23.4 Å². The lowest BCUT2D eigenvalue weighted by Crippen LogP contribution is -2.21. The lowest BCUT2D eigenvalue weighted by Gasteiger charge is -2.18. The number of hydrogen-bond acceptors (Lipinski definition) is 4. The average molecular weight is 195 g/mol. The van der Waals surface area contributed by atoms with Crippen LogP contribution in [0.3, 0.4) is 0 Å². The van der Waals surface area contributed by atoms with Gasteiger partial charge in [-0.25, -0.2) is 4.98 Å². The zero-order chi connectivity index (χ0) is 10.7. The highest BCUT2D eigenvalue weighted by atomic mass is 16.3. The summed E-state index contributed by atoms with van der Waals surface area (Å²) in [5, 5.41) is 9.89. The number of pyridine rings is 1. The number of aromatic nitrogens is 1. The van der Waals surface area contributed by atoms with Crippen molar-refractivity contribution in [2.75, 3.05) is 26.4 Å². The molecule has 0 radical (unpaired) electrons. The second-order valence-electron chi connectivity index (χ2n) is 3.70. The van der Waals surface area contributed by atoms with Crippen LogP contribution in [-0.2, 0) is 0 Å². The third-order valence-corrected chi connectivity index (χ3v) is 2.11. The topological polar surface area (TPSA) is 62.4 Å². The van der Waals surface area contributed by atoms with E-state index in [1.54, 1.807) is 6.20 Å². The van der Waals surface area contributed by atoms with Gasteiger partial charge in [0.1, 0.15) is 5.82 Å². The predicted molar refractivity (Wildman–Crippen MR) is 56.9 cm³/mol. The van der Waals surface area contributed by atoms with Crippen molar-refractivity contribution in [1.82, 2.24) is 9.88 Å². The number of likely N-dealkylation sites (N-methyl/N-ethyl adjacent to an activating group) is 1. The predicted octanol–water partition coefficient (Wildman–Crippen LogP) is 0.567. The van der Waals surface area contributed by atoms with Gasteiger partial charge in [0.05, 0.1) is 6.10 Å². The molecule has 0 fully saturated rings. The third-order valence-electron chi connectivity index (χ3n) is 2.11. The molecule has 1 unspecified atom stereocenters. The minimum atomic E-state index is -0.571. The molecule has 0 amide bonds. The van der Waals surface area contributed by atoms with Crippen LogP contribution in [0.2, 0.25) is 0 Å². The Kier molecular flexibility index (Phi) is 3.43. The number of nitrogens with two attached hydrogens (primary N) is 1. The van der Waals surface area contributed by atoms with Gasteiger partial charge in [-0.1, -0.05) is 0 Å².